The van der Waals surface area contributed by atoms with E-state index in [9.17, 15) is 0 Å². The summed E-state index contributed by atoms with van der Waals surface area (Å²) in [6, 6.07) is 7.89. The molecule has 0 saturated carbocycles. The van der Waals surface area contributed by atoms with Crippen LogP contribution in [0.15, 0.2) is 24.3 Å². The van der Waals surface area contributed by atoms with E-state index in [-0.39, 0.29) is 6.04 Å². The van der Waals surface area contributed by atoms with Gasteiger partial charge in [-0.1, -0.05) is 42.0 Å². The van der Waals surface area contributed by atoms with Crippen molar-refractivity contribution in [2.75, 3.05) is 11.9 Å². The van der Waals surface area contributed by atoms with Gasteiger partial charge >= 0.3 is 0 Å². The van der Waals surface area contributed by atoms with E-state index in [1.165, 1.54) is 0 Å². The summed E-state index contributed by atoms with van der Waals surface area (Å²) in [7, 11) is 3.88. The number of rotatable bonds is 4. The van der Waals surface area contributed by atoms with E-state index in [0.29, 0.717) is 4.99 Å². The Morgan fingerprint density at radius 2 is 2.05 bits per heavy atom. The highest BCUT2D eigenvalue weighted by Gasteiger charge is 2.23. The van der Waals surface area contributed by atoms with Crippen LogP contribution in [0.25, 0.3) is 0 Å². The van der Waals surface area contributed by atoms with Gasteiger partial charge < -0.3 is 10.6 Å². The van der Waals surface area contributed by atoms with E-state index in [2.05, 4.69) is 16.9 Å². The van der Waals surface area contributed by atoms with Gasteiger partial charge in [-0.3, -0.25) is 4.68 Å². The fourth-order valence-electron chi connectivity index (χ4n) is 2.55. The molecule has 0 saturated heterocycles. The monoisotopic (exact) mass is 322 g/mol. The lowest BCUT2D eigenvalue weighted by molar-refractivity contribution is 0.673. The summed E-state index contributed by atoms with van der Waals surface area (Å²) in [6.07, 6.45) is 0. The molecule has 0 aliphatic heterocycles. The summed E-state index contributed by atoms with van der Waals surface area (Å²) in [5.41, 5.74) is 8.56. The van der Waals surface area contributed by atoms with Crippen LogP contribution in [0.1, 0.15) is 29.8 Å². The molecule has 4 nitrogen and oxygen atoms in total. The predicted molar refractivity (Wildman–Crippen MR) is 92.1 cm³/mol. The standard InChI is InChI=1S/C15H19ClN4S/c1-9-13(14(17)21)15(20(4)18-9)19(3)10(2)11-7-5-6-8-12(11)16/h5-8,10H,1-4H3,(H2,17,21). The number of nitrogens with zero attached hydrogens (tertiary/aromatic N) is 3. The molecule has 112 valence electrons. The molecule has 1 unspecified atom stereocenters. The molecule has 0 fully saturated rings. The van der Waals surface area contributed by atoms with Crippen molar-refractivity contribution in [2.45, 2.75) is 19.9 Å². The van der Waals surface area contributed by atoms with E-state index in [4.69, 9.17) is 29.6 Å². The van der Waals surface area contributed by atoms with Crippen LogP contribution in [0.2, 0.25) is 5.02 Å². The van der Waals surface area contributed by atoms with Gasteiger partial charge in [-0.15, -0.1) is 0 Å². The van der Waals surface area contributed by atoms with E-state index in [1.807, 2.05) is 45.3 Å². The molecule has 0 aliphatic carbocycles. The lowest BCUT2D eigenvalue weighted by atomic mass is 10.1. The van der Waals surface area contributed by atoms with Crippen molar-refractivity contribution in [3.05, 3.63) is 46.1 Å². The minimum atomic E-state index is 0.0709. The molecule has 21 heavy (non-hydrogen) atoms. The van der Waals surface area contributed by atoms with Crippen LogP contribution in [0, 0.1) is 6.92 Å². The molecule has 2 rings (SSSR count). The summed E-state index contributed by atoms with van der Waals surface area (Å²) in [6.45, 7) is 4.00. The second-order valence-electron chi connectivity index (χ2n) is 5.08. The molecular weight excluding hydrogens is 304 g/mol. The summed E-state index contributed by atoms with van der Waals surface area (Å²) < 4.78 is 1.80. The van der Waals surface area contributed by atoms with Crippen molar-refractivity contribution in [1.82, 2.24) is 9.78 Å². The van der Waals surface area contributed by atoms with E-state index in [0.717, 1.165) is 27.7 Å². The Kier molecular flexibility index (Phi) is 4.54. The third kappa shape index (κ3) is 2.89. The molecule has 2 aromatic rings. The highest BCUT2D eigenvalue weighted by molar-refractivity contribution is 7.80. The van der Waals surface area contributed by atoms with Crippen LogP contribution in [0.3, 0.4) is 0 Å². The minimum absolute atomic E-state index is 0.0709. The number of aromatic nitrogens is 2. The Morgan fingerprint density at radius 1 is 1.43 bits per heavy atom. The number of thiocarbonyl (C=S) groups is 1. The van der Waals surface area contributed by atoms with Crippen LogP contribution >= 0.6 is 23.8 Å². The lowest BCUT2D eigenvalue weighted by Crippen LogP contribution is -2.27. The molecule has 1 atom stereocenters. The molecule has 6 heteroatoms. The number of hydrogen-bond donors (Lipinski definition) is 1. The van der Waals surface area contributed by atoms with Crippen LogP contribution in [0.4, 0.5) is 5.82 Å². The van der Waals surface area contributed by atoms with Crippen LogP contribution < -0.4 is 10.6 Å². The molecular formula is C15H19ClN4S. The van der Waals surface area contributed by atoms with Crippen molar-refractivity contribution in [2.24, 2.45) is 12.8 Å². The zero-order valence-electron chi connectivity index (χ0n) is 12.6. The third-order valence-corrected chi connectivity index (χ3v) is 4.26. The Labute approximate surface area is 135 Å². The number of halogens is 1. The van der Waals surface area contributed by atoms with E-state index >= 15 is 0 Å². The number of hydrogen-bond acceptors (Lipinski definition) is 3. The maximum absolute atomic E-state index is 6.30. The SMILES string of the molecule is Cc1nn(C)c(N(C)C(C)c2ccccc2Cl)c1C(N)=S. The summed E-state index contributed by atoms with van der Waals surface area (Å²) in [4.78, 5) is 2.45. The average molecular weight is 323 g/mol. The highest BCUT2D eigenvalue weighted by Crippen LogP contribution is 2.32. The zero-order chi connectivity index (χ0) is 15.7. The first-order chi connectivity index (χ1) is 9.84. The minimum Gasteiger partial charge on any atom is -0.389 e. The number of anilines is 1. The molecule has 2 N–H and O–H groups in total. The molecule has 0 amide bonds. The lowest BCUT2D eigenvalue weighted by Gasteiger charge is -2.28. The molecule has 0 aliphatic rings. The first-order valence-electron chi connectivity index (χ1n) is 6.65. The first kappa shape index (κ1) is 15.8. The normalized spacial score (nSPS) is 12.2. The maximum Gasteiger partial charge on any atom is 0.137 e. The Morgan fingerprint density at radius 3 is 2.62 bits per heavy atom. The van der Waals surface area contributed by atoms with Crippen molar-refractivity contribution >= 4 is 34.6 Å². The number of nitrogens with two attached hydrogens (primary N) is 1. The predicted octanol–water partition coefficient (Wildman–Crippen LogP) is 3.21. The molecule has 0 spiro atoms. The molecule has 1 heterocycles. The van der Waals surface area contributed by atoms with Gasteiger partial charge in [0.2, 0.25) is 0 Å². The fourth-order valence-corrected chi connectivity index (χ4v) is 3.08. The average Bonchev–Trinajstić information content (AvgIpc) is 2.72. The van der Waals surface area contributed by atoms with Crippen molar-refractivity contribution in [1.29, 1.82) is 0 Å². The van der Waals surface area contributed by atoms with E-state index in [1.54, 1.807) is 4.68 Å². The Balaban J connectivity index is 2.48. The summed E-state index contributed by atoms with van der Waals surface area (Å²) in [5.74, 6) is 0.896. The Bertz CT molecular complexity index is 680. The largest absolute Gasteiger partial charge is 0.389 e. The van der Waals surface area contributed by atoms with Gasteiger partial charge in [0.25, 0.3) is 0 Å². The van der Waals surface area contributed by atoms with Crippen molar-refractivity contribution in [3.63, 3.8) is 0 Å². The van der Waals surface area contributed by atoms with Gasteiger partial charge in [-0.05, 0) is 25.5 Å². The quantitative estimate of drug-likeness (QED) is 0.878. The number of aryl methyl sites for hydroxylation is 2. The third-order valence-electron chi connectivity index (χ3n) is 3.71. The topological polar surface area (TPSA) is 47.1 Å². The van der Waals surface area contributed by atoms with E-state index < -0.39 is 0 Å². The van der Waals surface area contributed by atoms with Crippen LogP contribution in [0.5, 0.6) is 0 Å². The summed E-state index contributed by atoms with van der Waals surface area (Å²) >= 11 is 11.5. The van der Waals surface area contributed by atoms with Gasteiger partial charge in [0.05, 0.1) is 17.3 Å². The maximum atomic E-state index is 6.30. The smallest absolute Gasteiger partial charge is 0.137 e. The molecule has 1 aromatic carbocycles. The van der Waals surface area contributed by atoms with Gasteiger partial charge in [0.15, 0.2) is 0 Å². The van der Waals surface area contributed by atoms with Gasteiger partial charge in [-0.2, -0.15) is 5.10 Å². The highest BCUT2D eigenvalue weighted by atomic mass is 35.5. The van der Waals surface area contributed by atoms with Crippen molar-refractivity contribution in [3.8, 4) is 0 Å². The zero-order valence-corrected chi connectivity index (χ0v) is 14.2. The number of benzene rings is 1. The second-order valence-corrected chi connectivity index (χ2v) is 5.93. The molecule has 0 bridgehead atoms. The van der Waals surface area contributed by atoms with Gasteiger partial charge in [-0.25, -0.2) is 0 Å². The molecule has 0 radical (unpaired) electrons. The molecule has 1 aromatic heterocycles. The second kappa shape index (κ2) is 6.03. The summed E-state index contributed by atoms with van der Waals surface area (Å²) in [5, 5.41) is 5.17. The van der Waals surface area contributed by atoms with Gasteiger partial charge in [0, 0.05) is 19.1 Å². The van der Waals surface area contributed by atoms with Crippen LogP contribution in [-0.2, 0) is 7.05 Å². The fraction of sp³-hybridized carbons (Fsp3) is 0.333. The van der Waals surface area contributed by atoms with Crippen molar-refractivity contribution < 1.29 is 0 Å². The van der Waals surface area contributed by atoms with Crippen LogP contribution in [-0.4, -0.2) is 21.8 Å². The Hall–Kier alpha value is -1.59. The van der Waals surface area contributed by atoms with Gasteiger partial charge in [0.1, 0.15) is 10.8 Å². The first-order valence-corrected chi connectivity index (χ1v) is 7.43.